The van der Waals surface area contributed by atoms with Crippen LogP contribution in [-0.2, 0) is 0 Å². The van der Waals surface area contributed by atoms with E-state index in [1.54, 1.807) is 0 Å². The van der Waals surface area contributed by atoms with Crippen molar-refractivity contribution >= 4 is 60.2 Å². The molecule has 1 unspecified atom stereocenters. The second kappa shape index (κ2) is 6.12. The zero-order valence-electron chi connectivity index (χ0n) is 17.3. The first-order valence-corrected chi connectivity index (χ1v) is 10.9. The van der Waals surface area contributed by atoms with Gasteiger partial charge in [-0.25, -0.2) is 0 Å². The fraction of sp³-hybridized carbons (Fsp3) is 0.103. The maximum atomic E-state index is 6.60. The third-order valence-corrected chi connectivity index (χ3v) is 6.71. The lowest BCUT2D eigenvalue weighted by molar-refractivity contribution is 0.664. The van der Waals surface area contributed by atoms with Crippen LogP contribution in [0.15, 0.2) is 95.4 Å². The maximum Gasteiger partial charge on any atom is 0.137 e. The van der Waals surface area contributed by atoms with Gasteiger partial charge in [-0.05, 0) is 58.8 Å². The minimum absolute atomic E-state index is 0.587. The first kappa shape index (κ1) is 17.0. The minimum atomic E-state index is 0.587. The van der Waals surface area contributed by atoms with Crippen molar-refractivity contribution in [1.82, 2.24) is 4.57 Å². The summed E-state index contributed by atoms with van der Waals surface area (Å²) in [4.78, 5) is 0. The van der Waals surface area contributed by atoms with Gasteiger partial charge in [0.2, 0.25) is 0 Å². The molecule has 1 atom stereocenters. The number of benzene rings is 4. The predicted molar refractivity (Wildman–Crippen MR) is 131 cm³/mol. The van der Waals surface area contributed by atoms with Crippen molar-refractivity contribution in [1.29, 1.82) is 0 Å². The highest BCUT2D eigenvalue weighted by atomic mass is 16.3. The Morgan fingerprint density at radius 3 is 2.39 bits per heavy atom. The average molecular weight is 399 g/mol. The second-order valence-corrected chi connectivity index (χ2v) is 8.65. The van der Waals surface area contributed by atoms with Crippen molar-refractivity contribution in [2.75, 3.05) is 0 Å². The van der Waals surface area contributed by atoms with Gasteiger partial charge < -0.3 is 8.98 Å². The molecule has 2 heteroatoms. The molecule has 7 rings (SSSR count). The standard InChI is InChI=1S/C29H21NO/c1-18-12-15-20(16-13-18)30-23-9-4-8-22-27-21-7-3-2-6-19(21)14-17-26(27)31-25-11-5-10-24(30)29(25)28(22)23/h2-12,14-18H,13H2,1H3. The normalized spacial score (nSPS) is 16.8. The smallest absolute Gasteiger partial charge is 0.137 e. The molecule has 1 aliphatic rings. The average Bonchev–Trinajstić information content (AvgIpc) is 3.06. The van der Waals surface area contributed by atoms with Crippen LogP contribution in [0.2, 0.25) is 0 Å². The monoisotopic (exact) mass is 399 g/mol. The van der Waals surface area contributed by atoms with Gasteiger partial charge in [0.15, 0.2) is 0 Å². The Hall–Kier alpha value is -3.78. The molecule has 148 valence electrons. The van der Waals surface area contributed by atoms with E-state index in [1.807, 2.05) is 0 Å². The number of hydrogen-bond donors (Lipinski definition) is 0. The lowest BCUT2D eigenvalue weighted by Gasteiger charge is -2.15. The lowest BCUT2D eigenvalue weighted by Crippen LogP contribution is -2.00. The summed E-state index contributed by atoms with van der Waals surface area (Å²) in [5, 5.41) is 7.35. The van der Waals surface area contributed by atoms with Gasteiger partial charge in [0.1, 0.15) is 11.2 Å². The van der Waals surface area contributed by atoms with E-state index in [0.29, 0.717) is 5.92 Å². The van der Waals surface area contributed by atoms with E-state index in [9.17, 15) is 0 Å². The SMILES string of the molecule is CC1C=CC(n2c3cccc4oc5ccc6ccccc6c5c5cccc2c5c43)=CC1. The molecule has 1 aliphatic carbocycles. The first-order valence-electron chi connectivity index (χ1n) is 10.9. The molecule has 0 aliphatic heterocycles. The Kier molecular flexibility index (Phi) is 3.35. The molecule has 0 fully saturated rings. The van der Waals surface area contributed by atoms with Gasteiger partial charge in [0.25, 0.3) is 0 Å². The van der Waals surface area contributed by atoms with E-state index in [2.05, 4.69) is 103 Å². The van der Waals surface area contributed by atoms with E-state index < -0.39 is 0 Å². The number of hydrogen-bond acceptors (Lipinski definition) is 1. The van der Waals surface area contributed by atoms with Crippen LogP contribution in [0.1, 0.15) is 13.3 Å². The van der Waals surface area contributed by atoms with Crippen molar-refractivity contribution in [3.8, 4) is 0 Å². The van der Waals surface area contributed by atoms with Gasteiger partial charge >= 0.3 is 0 Å². The molecule has 6 aromatic rings. The van der Waals surface area contributed by atoms with Crippen LogP contribution in [0.25, 0.3) is 60.2 Å². The molecule has 0 spiro atoms. The molecule has 2 aromatic heterocycles. The summed E-state index contributed by atoms with van der Waals surface area (Å²) in [6.45, 7) is 2.26. The Morgan fingerprint density at radius 2 is 1.52 bits per heavy atom. The van der Waals surface area contributed by atoms with Crippen LogP contribution in [0.3, 0.4) is 0 Å². The van der Waals surface area contributed by atoms with Crippen LogP contribution >= 0.6 is 0 Å². The van der Waals surface area contributed by atoms with Crippen LogP contribution in [0.5, 0.6) is 0 Å². The third-order valence-electron chi connectivity index (χ3n) is 6.71. The maximum absolute atomic E-state index is 6.60. The van der Waals surface area contributed by atoms with Gasteiger partial charge in [-0.3, -0.25) is 0 Å². The highest BCUT2D eigenvalue weighted by molar-refractivity contribution is 6.30. The molecular formula is C29H21NO. The summed E-state index contributed by atoms with van der Waals surface area (Å²) in [5.41, 5.74) is 5.52. The summed E-state index contributed by atoms with van der Waals surface area (Å²) in [5.74, 6) is 0.587. The molecule has 0 N–H and O–H groups in total. The van der Waals surface area contributed by atoms with Crippen molar-refractivity contribution in [3.63, 3.8) is 0 Å². The molecule has 2 nitrogen and oxygen atoms in total. The predicted octanol–water partition coefficient (Wildman–Crippen LogP) is 8.28. The van der Waals surface area contributed by atoms with Crippen LogP contribution in [0.4, 0.5) is 0 Å². The van der Waals surface area contributed by atoms with Crippen molar-refractivity contribution < 1.29 is 4.42 Å². The zero-order chi connectivity index (χ0) is 20.5. The zero-order valence-corrected chi connectivity index (χ0v) is 17.3. The fourth-order valence-electron chi connectivity index (χ4n) is 5.26. The second-order valence-electron chi connectivity index (χ2n) is 8.65. The number of fused-ring (bicyclic) bond motifs is 4. The van der Waals surface area contributed by atoms with Gasteiger partial charge in [-0.1, -0.05) is 67.6 Å². The van der Waals surface area contributed by atoms with Gasteiger partial charge in [0.05, 0.1) is 16.4 Å². The van der Waals surface area contributed by atoms with Gasteiger partial charge in [-0.2, -0.15) is 0 Å². The number of nitrogens with zero attached hydrogens (tertiary/aromatic N) is 1. The summed E-state index contributed by atoms with van der Waals surface area (Å²) in [6.07, 6.45) is 8.00. The highest BCUT2D eigenvalue weighted by Crippen LogP contribution is 2.42. The molecule has 31 heavy (non-hydrogen) atoms. The molecule has 0 saturated carbocycles. The van der Waals surface area contributed by atoms with Gasteiger partial charge in [-0.15, -0.1) is 0 Å². The van der Waals surface area contributed by atoms with Crippen LogP contribution < -0.4 is 0 Å². The van der Waals surface area contributed by atoms with E-state index in [-0.39, 0.29) is 0 Å². The Morgan fingerprint density at radius 1 is 0.742 bits per heavy atom. The van der Waals surface area contributed by atoms with Crippen molar-refractivity contribution in [3.05, 3.63) is 91.0 Å². The summed E-state index contributed by atoms with van der Waals surface area (Å²) >= 11 is 0. The number of aromatic nitrogens is 1. The van der Waals surface area contributed by atoms with E-state index in [0.717, 1.165) is 17.6 Å². The van der Waals surface area contributed by atoms with Crippen LogP contribution in [0, 0.1) is 5.92 Å². The summed E-state index contributed by atoms with van der Waals surface area (Å²) in [6, 6.07) is 25.9. The highest BCUT2D eigenvalue weighted by Gasteiger charge is 2.20. The third kappa shape index (κ3) is 2.28. The fourth-order valence-corrected chi connectivity index (χ4v) is 5.26. The number of allylic oxidation sites excluding steroid dienone is 4. The molecule has 0 radical (unpaired) electrons. The Bertz CT molecular complexity index is 1720. The molecule has 0 amide bonds. The largest absolute Gasteiger partial charge is 0.456 e. The first-order chi connectivity index (χ1) is 15.3. The van der Waals surface area contributed by atoms with Gasteiger partial charge in [0, 0.05) is 16.5 Å². The summed E-state index contributed by atoms with van der Waals surface area (Å²) < 4.78 is 9.00. The number of rotatable bonds is 1. The topological polar surface area (TPSA) is 18.1 Å². The minimum Gasteiger partial charge on any atom is -0.456 e. The van der Waals surface area contributed by atoms with E-state index >= 15 is 0 Å². The van der Waals surface area contributed by atoms with E-state index in [1.165, 1.54) is 49.0 Å². The molecule has 0 bridgehead atoms. The quantitative estimate of drug-likeness (QED) is 0.272. The molecule has 4 aromatic carbocycles. The lowest BCUT2D eigenvalue weighted by atomic mass is 10.0. The Labute approximate surface area is 179 Å². The molecule has 2 heterocycles. The van der Waals surface area contributed by atoms with Crippen LogP contribution in [-0.4, -0.2) is 4.57 Å². The van der Waals surface area contributed by atoms with Crippen molar-refractivity contribution in [2.24, 2.45) is 5.92 Å². The van der Waals surface area contributed by atoms with E-state index in [4.69, 9.17) is 4.42 Å². The van der Waals surface area contributed by atoms with Crippen molar-refractivity contribution in [2.45, 2.75) is 13.3 Å². The molecular weight excluding hydrogens is 378 g/mol. The molecule has 0 saturated heterocycles. The Balaban J connectivity index is 1.77. The summed E-state index contributed by atoms with van der Waals surface area (Å²) in [7, 11) is 0.